The summed E-state index contributed by atoms with van der Waals surface area (Å²) in [5.41, 5.74) is -0.144. The molecule has 1 heterocycles. The van der Waals surface area contributed by atoms with Crippen LogP contribution >= 0.6 is 23.2 Å². The number of azo groups is 1. The Morgan fingerprint density at radius 1 is 1.03 bits per heavy atom. The van der Waals surface area contributed by atoms with Crippen LogP contribution in [0.5, 0.6) is 0 Å². The molecule has 1 aliphatic rings. The van der Waals surface area contributed by atoms with Crippen molar-refractivity contribution in [2.45, 2.75) is 22.8 Å². The van der Waals surface area contributed by atoms with Crippen molar-refractivity contribution in [3.05, 3.63) is 46.4 Å². The van der Waals surface area contributed by atoms with Crippen molar-refractivity contribution < 1.29 is 30.7 Å². The minimum absolute atomic E-state index is 0. The third-order valence-corrected chi connectivity index (χ3v) is 6.47. The van der Waals surface area contributed by atoms with Gasteiger partial charge in [0.1, 0.15) is 10.6 Å². The Kier molecular flexibility index (Phi) is 8.46. The second-order valence-electron chi connectivity index (χ2n) is 6.19. The number of carbonyl (C=O) groups excluding carboxylic acids is 1. The van der Waals surface area contributed by atoms with E-state index in [-0.39, 0.29) is 64.9 Å². The van der Waals surface area contributed by atoms with Crippen LogP contribution in [-0.4, -0.2) is 81.3 Å². The Balaban J connectivity index is 0.00000363. The van der Waals surface area contributed by atoms with E-state index in [9.17, 15) is 30.7 Å². The quantitative estimate of drug-likeness (QED) is 0.330. The topological polar surface area (TPSA) is 166 Å². The number of halogens is 2. The Morgan fingerprint density at radius 3 is 2.25 bits per heavy atom. The maximum Gasteiger partial charge on any atom is 0.296 e. The molecule has 1 unspecified atom stereocenters. The molecule has 11 nitrogen and oxygen atoms in total. The van der Waals surface area contributed by atoms with Crippen LogP contribution in [0.2, 0.25) is 10.0 Å². The SMILES string of the molecule is CC1=NN(c2cccc(S(=O)(=O)O)c2)C(=O)C1N=Nc1cc(Cl)c(Cl)cc1S(=O)(=O)O.[Ca]. The van der Waals surface area contributed by atoms with Gasteiger partial charge < -0.3 is 0 Å². The summed E-state index contributed by atoms with van der Waals surface area (Å²) in [6, 6.07) is 5.54. The van der Waals surface area contributed by atoms with Gasteiger partial charge >= 0.3 is 0 Å². The van der Waals surface area contributed by atoms with Gasteiger partial charge in [-0.2, -0.15) is 37.2 Å². The van der Waals surface area contributed by atoms with E-state index in [1.807, 2.05) is 0 Å². The molecule has 2 aromatic rings. The number of carbonyl (C=O) groups is 1. The summed E-state index contributed by atoms with van der Waals surface area (Å²) < 4.78 is 64.3. The van der Waals surface area contributed by atoms with E-state index in [1.54, 1.807) is 0 Å². The smallest absolute Gasteiger partial charge is 0.282 e. The largest absolute Gasteiger partial charge is 0.296 e. The van der Waals surface area contributed by atoms with E-state index in [1.165, 1.54) is 19.1 Å². The first-order valence-corrected chi connectivity index (χ1v) is 11.8. The fraction of sp³-hybridized carbons (Fsp3) is 0.125. The second-order valence-corrected chi connectivity index (χ2v) is 9.82. The van der Waals surface area contributed by atoms with Gasteiger partial charge in [-0.15, -0.1) is 0 Å². The van der Waals surface area contributed by atoms with E-state index >= 15 is 0 Å². The van der Waals surface area contributed by atoms with Crippen molar-refractivity contribution in [2.75, 3.05) is 5.01 Å². The van der Waals surface area contributed by atoms with Crippen LogP contribution < -0.4 is 5.01 Å². The predicted octanol–water partition coefficient (Wildman–Crippen LogP) is 2.98. The van der Waals surface area contributed by atoms with Crippen LogP contribution in [-0.2, 0) is 25.0 Å². The zero-order valence-electron chi connectivity index (χ0n) is 16.0. The summed E-state index contributed by atoms with van der Waals surface area (Å²) in [5.74, 6) is -0.720. The van der Waals surface area contributed by atoms with Crippen molar-refractivity contribution in [1.82, 2.24) is 0 Å². The number of anilines is 1. The minimum atomic E-state index is -4.72. The molecule has 16 heteroatoms. The molecule has 1 amide bonds. The van der Waals surface area contributed by atoms with Gasteiger partial charge in [0, 0.05) is 37.7 Å². The van der Waals surface area contributed by atoms with Gasteiger partial charge in [-0.1, -0.05) is 29.3 Å². The molecular weight excluding hydrogens is 535 g/mol. The van der Waals surface area contributed by atoms with Crippen LogP contribution in [0.3, 0.4) is 0 Å². The van der Waals surface area contributed by atoms with E-state index in [2.05, 4.69) is 15.3 Å². The van der Waals surface area contributed by atoms with Gasteiger partial charge in [-0.25, -0.2) is 0 Å². The maximum absolute atomic E-state index is 12.7. The van der Waals surface area contributed by atoms with Crippen molar-refractivity contribution in [3.63, 3.8) is 0 Å². The van der Waals surface area contributed by atoms with Crippen molar-refractivity contribution in [3.8, 4) is 0 Å². The fourth-order valence-corrected chi connectivity index (χ4v) is 4.11. The Labute approximate surface area is 222 Å². The summed E-state index contributed by atoms with van der Waals surface area (Å²) in [6.07, 6.45) is 0. The molecule has 166 valence electrons. The summed E-state index contributed by atoms with van der Waals surface area (Å²) in [6.45, 7) is 1.45. The van der Waals surface area contributed by atoms with Gasteiger partial charge in [0.05, 0.1) is 26.3 Å². The molecule has 32 heavy (non-hydrogen) atoms. The first kappa shape index (κ1) is 27.1. The van der Waals surface area contributed by atoms with Crippen LogP contribution in [0.4, 0.5) is 11.4 Å². The molecular formula is C16H12CaCl2N4O7S2. The second kappa shape index (κ2) is 9.99. The molecule has 1 atom stereocenters. The molecule has 0 saturated heterocycles. The normalized spacial score (nSPS) is 16.9. The van der Waals surface area contributed by atoms with E-state index in [4.69, 9.17) is 23.2 Å². The molecule has 0 saturated carbocycles. The summed E-state index contributed by atoms with van der Waals surface area (Å²) in [4.78, 5) is 11.6. The summed E-state index contributed by atoms with van der Waals surface area (Å²) in [5, 5.41) is 12.2. The molecule has 1 aliphatic heterocycles. The average molecular weight is 547 g/mol. The zero-order chi connectivity index (χ0) is 23.1. The Bertz CT molecular complexity index is 1360. The van der Waals surface area contributed by atoms with Gasteiger partial charge in [0.2, 0.25) is 0 Å². The monoisotopic (exact) mass is 546 g/mol. The minimum Gasteiger partial charge on any atom is -0.282 e. The van der Waals surface area contributed by atoms with Crippen LogP contribution in [0.1, 0.15) is 6.92 Å². The van der Waals surface area contributed by atoms with E-state index < -0.39 is 42.0 Å². The maximum atomic E-state index is 12.7. The Morgan fingerprint density at radius 2 is 1.66 bits per heavy atom. The first-order chi connectivity index (χ1) is 14.3. The summed E-state index contributed by atoms with van der Waals surface area (Å²) in [7, 11) is -9.23. The van der Waals surface area contributed by atoms with Gasteiger partial charge in [-0.3, -0.25) is 13.9 Å². The van der Waals surface area contributed by atoms with Crippen LogP contribution in [0.25, 0.3) is 0 Å². The number of hydrazone groups is 1. The van der Waals surface area contributed by atoms with Gasteiger partial charge in [0.15, 0.2) is 6.04 Å². The van der Waals surface area contributed by atoms with E-state index in [0.717, 1.165) is 29.3 Å². The summed E-state index contributed by atoms with van der Waals surface area (Å²) >= 11 is 11.6. The number of hydrogen-bond acceptors (Lipinski definition) is 8. The number of amides is 1. The van der Waals surface area contributed by atoms with E-state index in [0.29, 0.717) is 0 Å². The fourth-order valence-electron chi connectivity index (χ4n) is 2.57. The van der Waals surface area contributed by atoms with Crippen LogP contribution in [0, 0.1) is 0 Å². The molecule has 0 aromatic heterocycles. The average Bonchev–Trinajstić information content (AvgIpc) is 2.95. The molecule has 3 rings (SSSR count). The Hall–Kier alpha value is -1.16. The third-order valence-electron chi connectivity index (χ3n) is 4.02. The zero-order valence-corrected chi connectivity index (χ0v) is 21.4. The first-order valence-electron chi connectivity index (χ1n) is 8.13. The number of hydrogen-bond donors (Lipinski definition) is 2. The van der Waals surface area contributed by atoms with Crippen molar-refractivity contribution in [2.24, 2.45) is 15.3 Å². The third kappa shape index (κ3) is 5.85. The van der Waals surface area contributed by atoms with Crippen LogP contribution in [0.15, 0.2) is 61.5 Å². The molecule has 2 aromatic carbocycles. The van der Waals surface area contributed by atoms with Gasteiger partial charge in [0.25, 0.3) is 26.1 Å². The van der Waals surface area contributed by atoms with Crippen molar-refractivity contribution >= 4 is 104 Å². The molecule has 0 aliphatic carbocycles. The predicted molar refractivity (Wildman–Crippen MR) is 117 cm³/mol. The van der Waals surface area contributed by atoms with Gasteiger partial charge in [-0.05, 0) is 37.3 Å². The molecule has 2 N–H and O–H groups in total. The molecule has 0 spiro atoms. The molecule has 2 radical (unpaired) electrons. The van der Waals surface area contributed by atoms with Crippen molar-refractivity contribution in [1.29, 1.82) is 0 Å². The number of benzene rings is 2. The number of nitrogens with zero attached hydrogens (tertiary/aromatic N) is 4. The standard InChI is InChI=1S/C16H12Cl2N4O7S2.Ca/c1-8-15(20-19-13-6-11(17)12(18)7-14(13)31(27,28)29)16(23)22(21-8)9-3-2-4-10(5-9)30(24,25)26;/h2-7,15H,1H3,(H,24,25,26)(H,27,28,29);. The number of rotatable bonds is 5. The molecule has 0 bridgehead atoms. The molecule has 0 fully saturated rings.